The minimum absolute atomic E-state index is 0.271. The number of hydrogen-bond acceptors (Lipinski definition) is 4. The molecule has 2 fully saturated rings. The molecule has 1 aromatic carbocycles. The first-order valence-electron chi connectivity index (χ1n) is 12.1. The molecule has 0 bridgehead atoms. The second kappa shape index (κ2) is 9.56. The number of carbonyl (C=O) groups excluding carboxylic acids is 1. The lowest BCUT2D eigenvalue weighted by Crippen LogP contribution is -2.50. The van der Waals surface area contributed by atoms with Gasteiger partial charge in [0.15, 0.2) is 0 Å². The predicted octanol–water partition coefficient (Wildman–Crippen LogP) is 4.26. The highest BCUT2D eigenvalue weighted by Crippen LogP contribution is 2.42. The van der Waals surface area contributed by atoms with E-state index >= 15 is 0 Å². The second-order valence-corrected chi connectivity index (χ2v) is 9.50. The molecule has 174 valence electrons. The first kappa shape index (κ1) is 22.0. The molecule has 1 amide bonds. The van der Waals surface area contributed by atoms with Crippen LogP contribution in [0.3, 0.4) is 0 Å². The highest BCUT2D eigenvalue weighted by molar-refractivity contribution is 5.88. The molecule has 0 N–H and O–H groups in total. The monoisotopic (exact) mass is 447 g/mol. The maximum atomic E-state index is 14.1. The lowest BCUT2D eigenvalue weighted by atomic mass is 9.68. The number of methoxy groups -OCH3 is 1. The average molecular weight is 448 g/mol. The van der Waals surface area contributed by atoms with Gasteiger partial charge in [-0.25, -0.2) is 4.98 Å². The van der Waals surface area contributed by atoms with Gasteiger partial charge in [-0.2, -0.15) is 0 Å². The van der Waals surface area contributed by atoms with Crippen molar-refractivity contribution in [1.82, 2.24) is 14.3 Å². The topological polar surface area (TPSA) is 56.1 Å². The van der Waals surface area contributed by atoms with Crippen molar-refractivity contribution in [2.45, 2.75) is 43.9 Å². The van der Waals surface area contributed by atoms with Gasteiger partial charge in [-0.15, -0.1) is 0 Å². The van der Waals surface area contributed by atoms with Gasteiger partial charge in [-0.3, -0.25) is 4.79 Å². The Morgan fingerprint density at radius 3 is 2.76 bits per heavy atom. The van der Waals surface area contributed by atoms with E-state index < -0.39 is 5.41 Å². The Morgan fingerprint density at radius 1 is 1.15 bits per heavy atom. The zero-order chi connectivity index (χ0) is 22.7. The van der Waals surface area contributed by atoms with Crippen molar-refractivity contribution in [2.75, 3.05) is 33.4 Å². The molecular weight excluding hydrogens is 414 g/mol. The quantitative estimate of drug-likeness (QED) is 0.586. The number of aromatic nitrogens is 2. The third kappa shape index (κ3) is 4.49. The van der Waals surface area contributed by atoms with Crippen LogP contribution in [0.5, 0.6) is 5.75 Å². The number of rotatable bonds is 5. The number of carbonyl (C=O) groups is 1. The predicted molar refractivity (Wildman–Crippen MR) is 128 cm³/mol. The van der Waals surface area contributed by atoms with Gasteiger partial charge in [0.05, 0.1) is 25.7 Å². The van der Waals surface area contributed by atoms with Gasteiger partial charge in [0.25, 0.3) is 0 Å². The van der Waals surface area contributed by atoms with E-state index in [9.17, 15) is 4.79 Å². The molecule has 1 unspecified atom stereocenters. The minimum atomic E-state index is -0.435. The van der Waals surface area contributed by atoms with E-state index in [1.165, 1.54) is 12.0 Å². The van der Waals surface area contributed by atoms with Crippen molar-refractivity contribution < 1.29 is 14.3 Å². The Balaban J connectivity index is 1.37. The van der Waals surface area contributed by atoms with Crippen molar-refractivity contribution in [3.63, 3.8) is 0 Å². The van der Waals surface area contributed by atoms with E-state index in [1.54, 1.807) is 7.11 Å². The number of nitrogens with zero attached hydrogens (tertiary/aromatic N) is 3. The van der Waals surface area contributed by atoms with Gasteiger partial charge in [0.2, 0.25) is 5.91 Å². The van der Waals surface area contributed by atoms with Crippen LogP contribution in [0, 0.1) is 5.92 Å². The maximum Gasteiger partial charge on any atom is 0.233 e. The van der Waals surface area contributed by atoms with E-state index in [4.69, 9.17) is 9.47 Å². The molecule has 2 aromatic heterocycles. The van der Waals surface area contributed by atoms with E-state index in [0.717, 1.165) is 55.6 Å². The molecule has 1 saturated carbocycles. The maximum absolute atomic E-state index is 14.1. The largest absolute Gasteiger partial charge is 0.497 e. The number of benzene rings is 1. The molecule has 1 aliphatic carbocycles. The summed E-state index contributed by atoms with van der Waals surface area (Å²) in [6.07, 6.45) is 12.0. The van der Waals surface area contributed by atoms with E-state index in [0.29, 0.717) is 19.8 Å². The SMILES string of the molecule is COc1ccc(C2(C(=O)N3CCOCC(Cc4ccc5nccn5c4)C3)CCCCC2)cc1. The highest BCUT2D eigenvalue weighted by Gasteiger charge is 2.44. The Morgan fingerprint density at radius 2 is 1.97 bits per heavy atom. The van der Waals surface area contributed by atoms with Gasteiger partial charge >= 0.3 is 0 Å². The first-order valence-corrected chi connectivity index (χ1v) is 12.1. The number of fused-ring (bicyclic) bond motifs is 1. The summed E-state index contributed by atoms with van der Waals surface area (Å²) in [5, 5.41) is 0. The van der Waals surface area contributed by atoms with Crippen molar-refractivity contribution >= 4 is 11.6 Å². The van der Waals surface area contributed by atoms with E-state index in [2.05, 4.69) is 44.7 Å². The van der Waals surface area contributed by atoms with Crippen molar-refractivity contribution in [1.29, 1.82) is 0 Å². The van der Waals surface area contributed by atoms with Crippen molar-refractivity contribution in [3.05, 3.63) is 66.1 Å². The van der Waals surface area contributed by atoms with E-state index in [1.807, 2.05) is 24.5 Å². The molecule has 0 radical (unpaired) electrons. The lowest BCUT2D eigenvalue weighted by molar-refractivity contribution is -0.139. The Bertz CT molecular complexity index is 1090. The Labute approximate surface area is 195 Å². The number of imidazole rings is 1. The molecule has 1 aliphatic heterocycles. The van der Waals surface area contributed by atoms with Crippen molar-refractivity contribution in [2.24, 2.45) is 5.92 Å². The molecule has 2 aliphatic rings. The van der Waals surface area contributed by atoms with Gasteiger partial charge < -0.3 is 18.8 Å². The molecule has 3 aromatic rings. The molecule has 0 spiro atoms. The fourth-order valence-corrected chi connectivity index (χ4v) is 5.60. The van der Waals surface area contributed by atoms with Gasteiger partial charge in [-0.1, -0.05) is 37.5 Å². The Hall–Kier alpha value is -2.86. The molecular formula is C27H33N3O3. The number of hydrogen-bond donors (Lipinski definition) is 0. The second-order valence-electron chi connectivity index (χ2n) is 9.50. The van der Waals surface area contributed by atoms with Crippen LogP contribution < -0.4 is 4.74 Å². The molecule has 6 nitrogen and oxygen atoms in total. The summed E-state index contributed by atoms with van der Waals surface area (Å²) in [6, 6.07) is 12.3. The van der Waals surface area contributed by atoms with Crippen molar-refractivity contribution in [3.8, 4) is 5.75 Å². The molecule has 5 rings (SSSR count). The molecule has 1 saturated heterocycles. The summed E-state index contributed by atoms with van der Waals surface area (Å²) < 4.78 is 13.4. The number of amides is 1. The average Bonchev–Trinajstić information content (AvgIpc) is 3.21. The Kier molecular flexibility index (Phi) is 6.36. The summed E-state index contributed by atoms with van der Waals surface area (Å²) in [4.78, 5) is 20.6. The summed E-state index contributed by atoms with van der Waals surface area (Å²) in [7, 11) is 1.68. The first-order chi connectivity index (χ1) is 16.2. The molecule has 6 heteroatoms. The normalized spacial score (nSPS) is 21.0. The van der Waals surface area contributed by atoms with Crippen LogP contribution in [-0.4, -0.2) is 53.6 Å². The van der Waals surface area contributed by atoms with Gasteiger partial charge in [-0.05, 0) is 48.6 Å². The van der Waals surface area contributed by atoms with Gasteiger partial charge in [0.1, 0.15) is 11.4 Å². The zero-order valence-corrected chi connectivity index (χ0v) is 19.4. The lowest BCUT2D eigenvalue weighted by Gasteiger charge is -2.40. The minimum Gasteiger partial charge on any atom is -0.497 e. The summed E-state index contributed by atoms with van der Waals surface area (Å²) in [5.74, 6) is 1.37. The van der Waals surface area contributed by atoms with Crippen LogP contribution in [0.25, 0.3) is 5.65 Å². The van der Waals surface area contributed by atoms with Crippen LogP contribution in [-0.2, 0) is 21.4 Å². The molecule has 33 heavy (non-hydrogen) atoms. The van der Waals surface area contributed by atoms with Crippen LogP contribution in [0.2, 0.25) is 0 Å². The molecule has 1 atom stereocenters. The van der Waals surface area contributed by atoms with Crippen LogP contribution >= 0.6 is 0 Å². The summed E-state index contributed by atoms with van der Waals surface area (Å²) >= 11 is 0. The molecule has 3 heterocycles. The van der Waals surface area contributed by atoms with Crippen LogP contribution in [0.15, 0.2) is 55.0 Å². The number of ether oxygens (including phenoxy) is 2. The van der Waals surface area contributed by atoms with Crippen LogP contribution in [0.4, 0.5) is 0 Å². The third-order valence-electron chi connectivity index (χ3n) is 7.36. The van der Waals surface area contributed by atoms with Gasteiger partial charge in [0, 0.05) is 37.6 Å². The summed E-state index contributed by atoms with van der Waals surface area (Å²) in [5.41, 5.74) is 2.88. The number of pyridine rings is 1. The van der Waals surface area contributed by atoms with Crippen LogP contribution in [0.1, 0.15) is 43.2 Å². The van der Waals surface area contributed by atoms with E-state index in [-0.39, 0.29) is 11.8 Å². The third-order valence-corrected chi connectivity index (χ3v) is 7.36. The fraction of sp³-hybridized carbons (Fsp3) is 0.481. The standard InChI is InChI=1S/C27H33N3O3/c1-32-24-8-6-23(7-9-24)27(11-3-2-4-12-27)26(31)30-15-16-33-20-22(19-30)17-21-5-10-25-28-13-14-29(25)18-21/h5-10,13-14,18,22H,2-4,11-12,15-17,19-20H2,1H3. The summed E-state index contributed by atoms with van der Waals surface area (Å²) in [6.45, 7) is 2.68. The highest BCUT2D eigenvalue weighted by atomic mass is 16.5. The smallest absolute Gasteiger partial charge is 0.233 e. The zero-order valence-electron chi connectivity index (χ0n) is 19.4. The fourth-order valence-electron chi connectivity index (χ4n) is 5.60.